The first-order chi connectivity index (χ1) is 9.29. The molecule has 0 saturated heterocycles. The van der Waals surface area contributed by atoms with Crippen molar-refractivity contribution in [1.82, 2.24) is 0 Å². The summed E-state index contributed by atoms with van der Waals surface area (Å²) in [6.45, 7) is 4.57. The number of carboxylic acids is 1. The lowest BCUT2D eigenvalue weighted by Gasteiger charge is -2.13. The summed E-state index contributed by atoms with van der Waals surface area (Å²) in [7, 11) is -3.64. The zero-order chi connectivity index (χ0) is 15.3. The van der Waals surface area contributed by atoms with Crippen LogP contribution in [0.15, 0.2) is 36.9 Å². The average molecular weight is 297 g/mol. The monoisotopic (exact) mass is 297 g/mol. The average Bonchev–Trinajstić information content (AvgIpc) is 2.38. The van der Waals surface area contributed by atoms with Crippen molar-refractivity contribution < 1.29 is 23.1 Å². The molecule has 0 aliphatic rings. The second-order valence-corrected chi connectivity index (χ2v) is 6.47. The van der Waals surface area contributed by atoms with E-state index in [-0.39, 0.29) is 17.0 Å². The Hall–Kier alpha value is -2.15. The van der Waals surface area contributed by atoms with E-state index in [2.05, 4.69) is 11.9 Å². The molecule has 0 aliphatic heterocycles. The van der Waals surface area contributed by atoms with Crippen molar-refractivity contribution in [2.45, 2.75) is 12.2 Å². The van der Waals surface area contributed by atoms with E-state index in [1.807, 2.05) is 0 Å². The molecule has 0 spiro atoms. The number of hydrogen-bond donors (Lipinski definition) is 2. The Morgan fingerprint density at radius 2 is 2.00 bits per heavy atom. The minimum atomic E-state index is -3.64. The van der Waals surface area contributed by atoms with Gasteiger partial charge in [-0.2, -0.15) is 0 Å². The van der Waals surface area contributed by atoms with Crippen LogP contribution < -0.4 is 5.32 Å². The molecule has 0 aliphatic carbocycles. The van der Waals surface area contributed by atoms with Gasteiger partial charge in [0.1, 0.15) is 5.25 Å². The number of sulfone groups is 1. The third-order valence-electron chi connectivity index (χ3n) is 2.67. The van der Waals surface area contributed by atoms with E-state index >= 15 is 0 Å². The minimum Gasteiger partial charge on any atom is -0.478 e. The molecule has 1 aromatic rings. The summed E-state index contributed by atoms with van der Waals surface area (Å²) in [5, 5.41) is 10.0. The first kappa shape index (κ1) is 15.9. The Balaban J connectivity index is 2.97. The summed E-state index contributed by atoms with van der Waals surface area (Å²) in [6, 6.07) is 5.77. The van der Waals surface area contributed by atoms with E-state index < -0.39 is 27.0 Å². The fraction of sp³-hybridized carbons (Fsp3) is 0.231. The number of carbonyl (C=O) groups is 2. The number of amides is 1. The van der Waals surface area contributed by atoms with E-state index in [9.17, 15) is 18.0 Å². The van der Waals surface area contributed by atoms with Gasteiger partial charge in [0.25, 0.3) is 0 Å². The fourth-order valence-electron chi connectivity index (χ4n) is 1.48. The Labute approximate surface area is 117 Å². The quantitative estimate of drug-likeness (QED) is 0.771. The van der Waals surface area contributed by atoms with Crippen molar-refractivity contribution in [3.8, 4) is 0 Å². The number of para-hydroxylation sites is 1. The number of anilines is 1. The van der Waals surface area contributed by atoms with Gasteiger partial charge < -0.3 is 10.4 Å². The third-order valence-corrected chi connectivity index (χ3v) is 4.67. The van der Waals surface area contributed by atoms with Crippen molar-refractivity contribution in [2.75, 3.05) is 11.1 Å². The first-order valence-electron chi connectivity index (χ1n) is 5.75. The molecule has 0 radical (unpaired) electrons. The highest BCUT2D eigenvalue weighted by molar-refractivity contribution is 7.92. The van der Waals surface area contributed by atoms with Crippen LogP contribution in [-0.2, 0) is 14.6 Å². The molecule has 0 fully saturated rings. The highest BCUT2D eigenvalue weighted by Crippen LogP contribution is 2.16. The Morgan fingerprint density at radius 1 is 1.40 bits per heavy atom. The van der Waals surface area contributed by atoms with Gasteiger partial charge in [-0.3, -0.25) is 4.79 Å². The number of nitrogens with one attached hydrogen (secondary N) is 1. The van der Waals surface area contributed by atoms with E-state index in [1.54, 1.807) is 6.07 Å². The van der Waals surface area contributed by atoms with Gasteiger partial charge in [-0.15, -0.1) is 6.58 Å². The predicted molar refractivity (Wildman–Crippen MR) is 75.5 cm³/mol. The SMILES string of the molecule is C=CCS(=O)(=O)C(C)C(=O)Nc1ccccc1C(=O)O. The molecule has 6 nitrogen and oxygen atoms in total. The fourth-order valence-corrected chi connectivity index (χ4v) is 2.49. The smallest absolute Gasteiger partial charge is 0.337 e. The molecule has 1 aromatic carbocycles. The maximum Gasteiger partial charge on any atom is 0.337 e. The molecular formula is C13H15NO5S. The summed E-state index contributed by atoms with van der Waals surface area (Å²) in [5.41, 5.74) is -0.0418. The zero-order valence-electron chi connectivity index (χ0n) is 10.9. The Kier molecular flexibility index (Phi) is 5.04. The standard InChI is InChI=1S/C13H15NO5S/c1-3-8-20(18,19)9(2)12(15)14-11-7-5-4-6-10(11)13(16)17/h3-7,9H,1,8H2,2H3,(H,14,15)(H,16,17). The highest BCUT2D eigenvalue weighted by atomic mass is 32.2. The summed E-state index contributed by atoms with van der Waals surface area (Å²) in [5.74, 6) is -2.30. The number of rotatable bonds is 6. The van der Waals surface area contributed by atoms with Gasteiger partial charge in [-0.1, -0.05) is 18.2 Å². The van der Waals surface area contributed by atoms with E-state index in [0.29, 0.717) is 0 Å². The van der Waals surface area contributed by atoms with Crippen molar-refractivity contribution in [3.63, 3.8) is 0 Å². The lowest BCUT2D eigenvalue weighted by Crippen LogP contribution is -2.34. The van der Waals surface area contributed by atoms with Crippen LogP contribution in [0.3, 0.4) is 0 Å². The van der Waals surface area contributed by atoms with Crippen LogP contribution in [0, 0.1) is 0 Å². The molecule has 1 unspecified atom stereocenters. The summed E-state index contributed by atoms with van der Waals surface area (Å²) < 4.78 is 23.5. The second kappa shape index (κ2) is 6.33. The van der Waals surface area contributed by atoms with Crippen LogP contribution in [0.1, 0.15) is 17.3 Å². The van der Waals surface area contributed by atoms with Crippen molar-refractivity contribution in [3.05, 3.63) is 42.5 Å². The van der Waals surface area contributed by atoms with Crippen LogP contribution in [-0.4, -0.2) is 36.4 Å². The molecule has 0 saturated carbocycles. The normalized spacial score (nSPS) is 12.4. The zero-order valence-corrected chi connectivity index (χ0v) is 11.7. The Bertz CT molecular complexity index is 636. The van der Waals surface area contributed by atoms with E-state index in [1.165, 1.54) is 31.2 Å². The number of benzene rings is 1. The van der Waals surface area contributed by atoms with Gasteiger partial charge in [0.2, 0.25) is 5.91 Å². The van der Waals surface area contributed by atoms with Gasteiger partial charge in [-0.25, -0.2) is 13.2 Å². The molecular weight excluding hydrogens is 282 g/mol. The molecule has 1 rings (SSSR count). The van der Waals surface area contributed by atoms with Crippen LogP contribution in [0.5, 0.6) is 0 Å². The van der Waals surface area contributed by atoms with Crippen LogP contribution in [0.4, 0.5) is 5.69 Å². The predicted octanol–water partition coefficient (Wildman–Crippen LogP) is 1.31. The maximum absolute atomic E-state index is 11.9. The van der Waals surface area contributed by atoms with Crippen LogP contribution in [0.2, 0.25) is 0 Å². The van der Waals surface area contributed by atoms with Gasteiger partial charge >= 0.3 is 5.97 Å². The number of carbonyl (C=O) groups excluding carboxylic acids is 1. The molecule has 0 aromatic heterocycles. The third kappa shape index (κ3) is 3.67. The molecule has 108 valence electrons. The lowest BCUT2D eigenvalue weighted by atomic mass is 10.2. The van der Waals surface area contributed by atoms with E-state index in [0.717, 1.165) is 0 Å². The number of aromatic carboxylic acids is 1. The lowest BCUT2D eigenvalue weighted by molar-refractivity contribution is -0.115. The Morgan fingerprint density at radius 3 is 2.55 bits per heavy atom. The van der Waals surface area contributed by atoms with Gasteiger partial charge in [0, 0.05) is 0 Å². The van der Waals surface area contributed by atoms with Crippen LogP contribution >= 0.6 is 0 Å². The van der Waals surface area contributed by atoms with Crippen LogP contribution in [0.25, 0.3) is 0 Å². The topological polar surface area (TPSA) is 101 Å². The molecule has 0 heterocycles. The highest BCUT2D eigenvalue weighted by Gasteiger charge is 2.27. The number of hydrogen-bond acceptors (Lipinski definition) is 4. The second-order valence-electron chi connectivity index (χ2n) is 4.10. The van der Waals surface area contributed by atoms with Crippen molar-refractivity contribution in [1.29, 1.82) is 0 Å². The molecule has 20 heavy (non-hydrogen) atoms. The summed E-state index contributed by atoms with van der Waals surface area (Å²) >= 11 is 0. The summed E-state index contributed by atoms with van der Waals surface area (Å²) in [4.78, 5) is 22.9. The van der Waals surface area contributed by atoms with Gasteiger partial charge in [0.15, 0.2) is 9.84 Å². The minimum absolute atomic E-state index is 0.0608. The van der Waals surface area contributed by atoms with Gasteiger partial charge in [-0.05, 0) is 19.1 Å². The molecule has 2 N–H and O–H groups in total. The van der Waals surface area contributed by atoms with Crippen molar-refractivity contribution >= 4 is 27.4 Å². The summed E-state index contributed by atoms with van der Waals surface area (Å²) in [6.07, 6.45) is 1.20. The van der Waals surface area contributed by atoms with Crippen molar-refractivity contribution in [2.24, 2.45) is 0 Å². The van der Waals surface area contributed by atoms with E-state index in [4.69, 9.17) is 5.11 Å². The molecule has 0 bridgehead atoms. The molecule has 1 atom stereocenters. The maximum atomic E-state index is 11.9. The first-order valence-corrected chi connectivity index (χ1v) is 7.46. The van der Waals surface area contributed by atoms with Gasteiger partial charge in [0.05, 0.1) is 17.0 Å². The molecule has 7 heteroatoms. The molecule has 1 amide bonds. The largest absolute Gasteiger partial charge is 0.478 e. The number of carboxylic acid groups (broad SMARTS) is 1.